The first-order valence-corrected chi connectivity index (χ1v) is 10.1. The monoisotopic (exact) mass is 404 g/mol. The normalized spacial score (nSPS) is 15.5. The van der Waals surface area contributed by atoms with Crippen LogP contribution in [0.2, 0.25) is 0 Å². The molecule has 3 rings (SSSR count). The van der Waals surface area contributed by atoms with E-state index >= 15 is 0 Å². The van der Waals surface area contributed by atoms with Crippen molar-refractivity contribution in [3.05, 3.63) is 70.8 Å². The van der Waals surface area contributed by atoms with Gasteiger partial charge in [-0.25, -0.2) is 0 Å². The van der Waals surface area contributed by atoms with Crippen LogP contribution >= 0.6 is 0 Å². The Labute approximate surface area is 169 Å². The van der Waals surface area contributed by atoms with Gasteiger partial charge < -0.3 is 5.32 Å². The highest BCUT2D eigenvalue weighted by Crippen LogP contribution is 2.29. The van der Waals surface area contributed by atoms with Crippen LogP contribution in [0.4, 0.5) is 13.2 Å². The fourth-order valence-electron chi connectivity index (χ4n) is 3.82. The molecule has 2 aromatic carbocycles. The Morgan fingerprint density at radius 3 is 2.34 bits per heavy atom. The summed E-state index contributed by atoms with van der Waals surface area (Å²) in [6.45, 7) is 1.16. The van der Waals surface area contributed by atoms with E-state index in [-0.39, 0.29) is 12.1 Å². The molecule has 0 heterocycles. The Kier molecular flexibility index (Phi) is 6.96. The van der Waals surface area contributed by atoms with Gasteiger partial charge in [-0.05, 0) is 49.2 Å². The SMILES string of the molecule is CN(Cc1ccc(CNC(=O)c2cccc(C(F)(F)F)c2)cc1)C1CCCCC1. The summed E-state index contributed by atoms with van der Waals surface area (Å²) in [6.07, 6.45) is 2.01. The maximum atomic E-state index is 12.8. The quantitative estimate of drug-likeness (QED) is 0.699. The lowest BCUT2D eigenvalue weighted by Gasteiger charge is -2.31. The Bertz CT molecular complexity index is 812. The molecule has 1 saturated carbocycles. The molecule has 0 unspecified atom stereocenters. The number of benzene rings is 2. The number of halogens is 3. The highest BCUT2D eigenvalue weighted by atomic mass is 19.4. The number of nitrogens with one attached hydrogen (secondary N) is 1. The number of amides is 1. The van der Waals surface area contributed by atoms with Gasteiger partial charge in [-0.15, -0.1) is 0 Å². The number of carbonyl (C=O) groups is 1. The highest BCUT2D eigenvalue weighted by molar-refractivity contribution is 5.94. The maximum absolute atomic E-state index is 12.8. The van der Waals surface area contributed by atoms with E-state index in [0.717, 1.165) is 24.2 Å². The molecule has 0 aliphatic heterocycles. The minimum Gasteiger partial charge on any atom is -0.348 e. The lowest BCUT2D eigenvalue weighted by molar-refractivity contribution is -0.137. The number of nitrogens with zero attached hydrogens (tertiary/aromatic N) is 1. The Morgan fingerprint density at radius 1 is 1.03 bits per heavy atom. The van der Waals surface area contributed by atoms with Gasteiger partial charge in [0.25, 0.3) is 5.91 Å². The van der Waals surface area contributed by atoms with E-state index in [2.05, 4.69) is 17.3 Å². The van der Waals surface area contributed by atoms with E-state index in [1.165, 1.54) is 49.8 Å². The summed E-state index contributed by atoms with van der Waals surface area (Å²) >= 11 is 0. The van der Waals surface area contributed by atoms with Gasteiger partial charge in [-0.3, -0.25) is 9.69 Å². The van der Waals surface area contributed by atoms with Crippen LogP contribution in [0.1, 0.15) is 59.2 Å². The van der Waals surface area contributed by atoms with Crippen LogP contribution in [0.15, 0.2) is 48.5 Å². The molecule has 1 aliphatic rings. The predicted octanol–water partition coefficient (Wildman–Crippen LogP) is 5.40. The number of rotatable bonds is 6. The Morgan fingerprint density at radius 2 is 1.69 bits per heavy atom. The molecule has 1 N–H and O–H groups in total. The molecule has 1 amide bonds. The van der Waals surface area contributed by atoms with Gasteiger partial charge in [0.05, 0.1) is 5.56 Å². The number of hydrogen-bond donors (Lipinski definition) is 1. The molecule has 1 fully saturated rings. The molecule has 0 radical (unpaired) electrons. The maximum Gasteiger partial charge on any atom is 0.416 e. The van der Waals surface area contributed by atoms with E-state index in [1.54, 1.807) is 0 Å². The third-order valence-electron chi connectivity index (χ3n) is 5.56. The van der Waals surface area contributed by atoms with Crippen molar-refractivity contribution < 1.29 is 18.0 Å². The van der Waals surface area contributed by atoms with Gasteiger partial charge in [0.2, 0.25) is 0 Å². The molecule has 156 valence electrons. The number of alkyl halides is 3. The lowest BCUT2D eigenvalue weighted by atomic mass is 9.94. The molecule has 0 atom stereocenters. The summed E-state index contributed by atoms with van der Waals surface area (Å²) in [4.78, 5) is 14.6. The van der Waals surface area contributed by atoms with Crippen molar-refractivity contribution in [3.8, 4) is 0 Å². The Hall–Kier alpha value is -2.34. The van der Waals surface area contributed by atoms with Crippen LogP contribution < -0.4 is 5.32 Å². The molecule has 6 heteroatoms. The highest BCUT2D eigenvalue weighted by Gasteiger charge is 2.30. The predicted molar refractivity (Wildman–Crippen MR) is 107 cm³/mol. The first kappa shape index (κ1) is 21.4. The molecule has 1 aliphatic carbocycles. The topological polar surface area (TPSA) is 32.3 Å². The second-order valence-electron chi connectivity index (χ2n) is 7.78. The fourth-order valence-corrected chi connectivity index (χ4v) is 3.82. The molecule has 0 aromatic heterocycles. The number of carbonyl (C=O) groups excluding carboxylic acids is 1. The molecule has 3 nitrogen and oxygen atoms in total. The smallest absolute Gasteiger partial charge is 0.348 e. The zero-order chi connectivity index (χ0) is 20.9. The van der Waals surface area contributed by atoms with Gasteiger partial charge in [-0.1, -0.05) is 49.6 Å². The standard InChI is InChI=1S/C23H27F3N2O/c1-28(21-8-3-2-4-9-21)16-18-12-10-17(11-13-18)15-27-22(29)19-6-5-7-20(14-19)23(24,25)26/h5-7,10-14,21H,2-4,8-9,15-16H2,1H3,(H,27,29). The minimum atomic E-state index is -4.46. The van der Waals surface area contributed by atoms with Gasteiger partial charge in [0.15, 0.2) is 0 Å². The van der Waals surface area contributed by atoms with Crippen LogP contribution in [0.25, 0.3) is 0 Å². The third-order valence-corrected chi connectivity index (χ3v) is 5.56. The second kappa shape index (κ2) is 9.44. The summed E-state index contributed by atoms with van der Waals surface area (Å²) in [5.74, 6) is -0.516. The lowest BCUT2D eigenvalue weighted by Crippen LogP contribution is -2.32. The van der Waals surface area contributed by atoms with Gasteiger partial charge in [0.1, 0.15) is 0 Å². The zero-order valence-corrected chi connectivity index (χ0v) is 16.6. The largest absolute Gasteiger partial charge is 0.416 e. The van der Waals surface area contributed by atoms with E-state index in [9.17, 15) is 18.0 Å². The van der Waals surface area contributed by atoms with Crippen molar-refractivity contribution in [2.75, 3.05) is 7.05 Å². The van der Waals surface area contributed by atoms with Crippen molar-refractivity contribution in [1.29, 1.82) is 0 Å². The molecule has 2 aromatic rings. The summed E-state index contributed by atoms with van der Waals surface area (Å²) in [6, 6.07) is 13.1. The summed E-state index contributed by atoms with van der Waals surface area (Å²) < 4.78 is 38.4. The summed E-state index contributed by atoms with van der Waals surface area (Å²) in [7, 11) is 2.17. The fraction of sp³-hybridized carbons (Fsp3) is 0.435. The van der Waals surface area contributed by atoms with Crippen molar-refractivity contribution in [1.82, 2.24) is 10.2 Å². The van der Waals surface area contributed by atoms with Gasteiger partial charge >= 0.3 is 6.18 Å². The van der Waals surface area contributed by atoms with E-state index in [4.69, 9.17) is 0 Å². The average Bonchev–Trinajstić information content (AvgIpc) is 2.73. The van der Waals surface area contributed by atoms with Crippen LogP contribution in [0, 0.1) is 0 Å². The van der Waals surface area contributed by atoms with Crippen molar-refractivity contribution >= 4 is 5.91 Å². The molecule has 0 spiro atoms. The third kappa shape index (κ3) is 6.07. The van der Waals surface area contributed by atoms with E-state index < -0.39 is 17.6 Å². The second-order valence-corrected chi connectivity index (χ2v) is 7.78. The molecule has 0 bridgehead atoms. The van der Waals surface area contributed by atoms with Crippen molar-refractivity contribution in [2.24, 2.45) is 0 Å². The summed E-state index contributed by atoms with van der Waals surface area (Å²) in [5, 5.41) is 2.69. The van der Waals surface area contributed by atoms with Gasteiger partial charge in [-0.2, -0.15) is 13.2 Å². The molecule has 0 saturated heterocycles. The first-order chi connectivity index (χ1) is 13.8. The molecular formula is C23H27F3N2O. The van der Waals surface area contributed by atoms with Crippen molar-refractivity contribution in [3.63, 3.8) is 0 Å². The Balaban J connectivity index is 1.53. The van der Waals surface area contributed by atoms with Crippen LogP contribution in [-0.2, 0) is 19.3 Å². The first-order valence-electron chi connectivity index (χ1n) is 10.1. The molecule has 29 heavy (non-hydrogen) atoms. The van der Waals surface area contributed by atoms with Crippen LogP contribution in [0.5, 0.6) is 0 Å². The van der Waals surface area contributed by atoms with Crippen LogP contribution in [-0.4, -0.2) is 23.9 Å². The average molecular weight is 404 g/mol. The zero-order valence-electron chi connectivity index (χ0n) is 16.6. The van der Waals surface area contributed by atoms with E-state index in [1.807, 2.05) is 24.3 Å². The summed E-state index contributed by atoms with van der Waals surface area (Å²) in [5.41, 5.74) is 1.31. The molecular weight excluding hydrogens is 377 g/mol. The minimum absolute atomic E-state index is 0.00514. The number of hydrogen-bond acceptors (Lipinski definition) is 2. The van der Waals surface area contributed by atoms with E-state index in [0.29, 0.717) is 6.04 Å². The van der Waals surface area contributed by atoms with Crippen LogP contribution in [0.3, 0.4) is 0 Å². The van der Waals surface area contributed by atoms with Crippen molar-refractivity contribution in [2.45, 2.75) is 57.4 Å². The van der Waals surface area contributed by atoms with Gasteiger partial charge in [0, 0.05) is 24.7 Å².